The van der Waals surface area contributed by atoms with Crippen molar-refractivity contribution in [3.63, 3.8) is 0 Å². The molecular formula is C15H22N4O4. The van der Waals surface area contributed by atoms with E-state index in [0.717, 1.165) is 12.8 Å². The minimum absolute atomic E-state index is 0.0349. The van der Waals surface area contributed by atoms with Gasteiger partial charge in [-0.05, 0) is 39.7 Å². The van der Waals surface area contributed by atoms with Crippen molar-refractivity contribution in [1.29, 1.82) is 0 Å². The van der Waals surface area contributed by atoms with Gasteiger partial charge in [-0.15, -0.1) is 0 Å². The number of piperidine rings is 1. The van der Waals surface area contributed by atoms with E-state index in [-0.39, 0.29) is 17.3 Å². The van der Waals surface area contributed by atoms with Crippen molar-refractivity contribution in [3.05, 3.63) is 28.6 Å². The van der Waals surface area contributed by atoms with Gasteiger partial charge in [-0.3, -0.25) is 15.1 Å². The molecule has 1 aromatic rings. The highest BCUT2D eigenvalue weighted by atomic mass is 16.6. The molecule has 1 aliphatic heterocycles. The lowest BCUT2D eigenvalue weighted by Crippen LogP contribution is -2.46. The molecule has 0 saturated carbocycles. The normalized spacial score (nSPS) is 18.4. The van der Waals surface area contributed by atoms with Crippen LogP contribution in [-0.4, -0.2) is 40.7 Å². The smallest absolute Gasteiger partial charge is 0.407 e. The van der Waals surface area contributed by atoms with E-state index in [0.29, 0.717) is 18.8 Å². The van der Waals surface area contributed by atoms with Crippen LogP contribution in [0.3, 0.4) is 0 Å². The molecule has 0 aliphatic carbocycles. The van der Waals surface area contributed by atoms with E-state index < -0.39 is 11.0 Å². The number of carbonyl (C=O) groups excluding carboxylic acids is 1. The first-order chi connectivity index (χ1) is 10.8. The van der Waals surface area contributed by atoms with Crippen molar-refractivity contribution in [2.75, 3.05) is 18.0 Å². The number of pyridine rings is 1. The number of rotatable bonds is 3. The van der Waals surface area contributed by atoms with Crippen LogP contribution in [0.4, 0.5) is 16.2 Å². The van der Waals surface area contributed by atoms with E-state index >= 15 is 0 Å². The summed E-state index contributed by atoms with van der Waals surface area (Å²) in [5.41, 5.74) is 0.108. The maximum Gasteiger partial charge on any atom is 0.407 e. The highest BCUT2D eigenvalue weighted by molar-refractivity contribution is 5.68. The topological polar surface area (TPSA) is 97.6 Å². The van der Waals surface area contributed by atoms with Crippen LogP contribution < -0.4 is 10.2 Å². The quantitative estimate of drug-likeness (QED) is 0.678. The molecule has 8 nitrogen and oxygen atoms in total. The molecule has 0 spiro atoms. The average Bonchev–Trinajstić information content (AvgIpc) is 2.45. The zero-order valence-corrected chi connectivity index (χ0v) is 13.6. The van der Waals surface area contributed by atoms with Crippen LogP contribution in [0.5, 0.6) is 0 Å². The average molecular weight is 322 g/mol. The molecule has 1 fully saturated rings. The second-order valence-corrected chi connectivity index (χ2v) is 6.61. The number of nitrogens with zero attached hydrogens (tertiary/aromatic N) is 3. The van der Waals surface area contributed by atoms with Crippen molar-refractivity contribution < 1.29 is 14.5 Å². The number of nitrogens with one attached hydrogen (secondary N) is 1. The Morgan fingerprint density at radius 3 is 2.91 bits per heavy atom. The Labute approximate surface area is 135 Å². The van der Waals surface area contributed by atoms with Crippen molar-refractivity contribution in [3.8, 4) is 0 Å². The first-order valence-corrected chi connectivity index (χ1v) is 7.58. The first-order valence-electron chi connectivity index (χ1n) is 7.58. The molecular weight excluding hydrogens is 300 g/mol. The van der Waals surface area contributed by atoms with Crippen LogP contribution >= 0.6 is 0 Å². The van der Waals surface area contributed by atoms with E-state index in [4.69, 9.17) is 4.74 Å². The second-order valence-electron chi connectivity index (χ2n) is 6.61. The van der Waals surface area contributed by atoms with Gasteiger partial charge in [0.05, 0.1) is 11.5 Å². The van der Waals surface area contributed by atoms with Crippen LogP contribution in [0.25, 0.3) is 0 Å². The summed E-state index contributed by atoms with van der Waals surface area (Å²) in [6.45, 7) is 6.75. The Kier molecular flexibility index (Phi) is 5.02. The number of hydrogen-bond acceptors (Lipinski definition) is 6. The summed E-state index contributed by atoms with van der Waals surface area (Å²) >= 11 is 0. The summed E-state index contributed by atoms with van der Waals surface area (Å²) in [5, 5.41) is 13.9. The van der Waals surface area contributed by atoms with Crippen molar-refractivity contribution in [1.82, 2.24) is 10.3 Å². The molecule has 1 atom stereocenters. The summed E-state index contributed by atoms with van der Waals surface area (Å²) in [5.74, 6) is 0. The van der Waals surface area contributed by atoms with E-state index in [1.54, 1.807) is 6.07 Å². The molecule has 8 heteroatoms. The maximum atomic E-state index is 11.9. The van der Waals surface area contributed by atoms with Gasteiger partial charge in [0.15, 0.2) is 0 Å². The number of hydrogen-bond donors (Lipinski definition) is 1. The lowest BCUT2D eigenvalue weighted by Gasteiger charge is -2.34. The van der Waals surface area contributed by atoms with Gasteiger partial charge in [0.1, 0.15) is 18.0 Å². The lowest BCUT2D eigenvalue weighted by molar-refractivity contribution is -0.384. The van der Waals surface area contributed by atoms with Crippen LogP contribution in [-0.2, 0) is 4.74 Å². The second kappa shape index (κ2) is 6.80. The number of anilines is 1. The van der Waals surface area contributed by atoms with Gasteiger partial charge < -0.3 is 15.0 Å². The zero-order chi connectivity index (χ0) is 17.0. The molecule has 2 heterocycles. The number of nitro groups is 1. The van der Waals surface area contributed by atoms with Gasteiger partial charge in [0.2, 0.25) is 0 Å². The lowest BCUT2D eigenvalue weighted by atomic mass is 10.1. The van der Waals surface area contributed by atoms with Gasteiger partial charge in [0, 0.05) is 18.3 Å². The minimum atomic E-state index is -0.464. The Morgan fingerprint density at radius 2 is 2.26 bits per heavy atom. The molecule has 0 aromatic carbocycles. The summed E-state index contributed by atoms with van der Waals surface area (Å²) in [4.78, 5) is 28.2. The van der Waals surface area contributed by atoms with E-state index in [2.05, 4.69) is 10.3 Å². The molecule has 126 valence electrons. The number of amides is 1. The van der Waals surface area contributed by atoms with E-state index in [1.807, 2.05) is 25.7 Å². The van der Waals surface area contributed by atoms with Gasteiger partial charge in [-0.2, -0.15) is 0 Å². The van der Waals surface area contributed by atoms with Gasteiger partial charge in [0.25, 0.3) is 0 Å². The minimum Gasteiger partial charge on any atom is -0.444 e. The summed E-state index contributed by atoms with van der Waals surface area (Å²) in [6, 6.07) is 1.62. The number of alkyl carbamates (subject to hydrolysis) is 1. The number of aromatic nitrogens is 1. The Balaban J connectivity index is 2.04. The van der Waals surface area contributed by atoms with Gasteiger partial charge in [-0.1, -0.05) is 0 Å². The Morgan fingerprint density at radius 1 is 1.52 bits per heavy atom. The fourth-order valence-electron chi connectivity index (χ4n) is 2.53. The SMILES string of the molecule is CC(C)(C)NC(=O)O[C@H]1CCCN(c2ccncc2[N+](=O)[O-])C1. The third-order valence-corrected chi connectivity index (χ3v) is 3.44. The van der Waals surface area contributed by atoms with Gasteiger partial charge >= 0.3 is 11.8 Å². The molecule has 1 amide bonds. The number of carbonyl (C=O) groups is 1. The molecule has 1 aliphatic rings. The molecule has 0 radical (unpaired) electrons. The maximum absolute atomic E-state index is 11.9. The standard InChI is InChI=1S/C15H22N4O4/c1-15(2,3)17-14(20)23-11-5-4-8-18(10-11)12-6-7-16-9-13(12)19(21)22/h6-7,9,11H,4-5,8,10H2,1-3H3,(H,17,20)/t11-/m0/s1. The summed E-state index contributed by atoms with van der Waals surface area (Å²) in [7, 11) is 0. The van der Waals surface area contributed by atoms with Crippen molar-refractivity contribution in [2.45, 2.75) is 45.3 Å². The van der Waals surface area contributed by atoms with Crippen molar-refractivity contribution in [2.24, 2.45) is 0 Å². The van der Waals surface area contributed by atoms with Crippen LogP contribution in [0.2, 0.25) is 0 Å². The van der Waals surface area contributed by atoms with Crippen molar-refractivity contribution >= 4 is 17.5 Å². The first kappa shape index (κ1) is 17.0. The third-order valence-electron chi connectivity index (χ3n) is 3.44. The molecule has 1 aromatic heterocycles. The van der Waals surface area contributed by atoms with Gasteiger partial charge in [-0.25, -0.2) is 4.79 Å². The van der Waals surface area contributed by atoms with E-state index in [9.17, 15) is 14.9 Å². The molecule has 0 unspecified atom stereocenters. The van der Waals surface area contributed by atoms with E-state index in [1.165, 1.54) is 12.4 Å². The molecule has 0 bridgehead atoms. The van der Waals surface area contributed by atoms with Crippen LogP contribution in [0.1, 0.15) is 33.6 Å². The zero-order valence-electron chi connectivity index (χ0n) is 13.6. The highest BCUT2D eigenvalue weighted by Gasteiger charge is 2.28. The predicted molar refractivity (Wildman–Crippen MR) is 85.5 cm³/mol. The fourth-order valence-corrected chi connectivity index (χ4v) is 2.53. The Bertz CT molecular complexity index is 585. The molecule has 1 saturated heterocycles. The molecule has 1 N–H and O–H groups in total. The molecule has 23 heavy (non-hydrogen) atoms. The third kappa shape index (κ3) is 4.80. The summed E-state index contributed by atoms with van der Waals surface area (Å²) in [6.07, 6.45) is 3.55. The fraction of sp³-hybridized carbons (Fsp3) is 0.600. The number of ether oxygens (including phenoxy) is 1. The van der Waals surface area contributed by atoms with Crippen LogP contribution in [0.15, 0.2) is 18.5 Å². The predicted octanol–water partition coefficient (Wildman–Crippen LogP) is 2.48. The molecule has 2 rings (SSSR count). The Hall–Kier alpha value is -2.38. The summed E-state index contributed by atoms with van der Waals surface area (Å²) < 4.78 is 5.44. The van der Waals surface area contributed by atoms with Crippen LogP contribution in [0, 0.1) is 10.1 Å². The monoisotopic (exact) mass is 322 g/mol. The highest BCUT2D eigenvalue weighted by Crippen LogP contribution is 2.29. The largest absolute Gasteiger partial charge is 0.444 e.